The first-order chi connectivity index (χ1) is 12.6. The maximum Gasteiger partial charge on any atom is 0.0706 e. The quantitative estimate of drug-likeness (QED) is 0.896. The number of nitrogens with zero attached hydrogens (tertiary/aromatic N) is 3. The molecule has 5 nitrogen and oxygen atoms in total. The number of aromatic nitrogens is 2. The number of ether oxygens (including phenoxy) is 1. The zero-order valence-corrected chi connectivity index (χ0v) is 15.6. The summed E-state index contributed by atoms with van der Waals surface area (Å²) in [5, 5.41) is 15.4. The minimum atomic E-state index is -0.622. The number of hydrogen-bond acceptors (Lipinski definition) is 4. The van der Waals surface area contributed by atoms with Gasteiger partial charge in [0.1, 0.15) is 0 Å². The molecule has 2 fully saturated rings. The molecule has 0 amide bonds. The molecule has 5 heteroatoms. The molecule has 0 bridgehead atoms. The number of aliphatic hydroxyl groups is 1. The summed E-state index contributed by atoms with van der Waals surface area (Å²) in [6, 6.07) is 10.8. The van der Waals surface area contributed by atoms with Crippen LogP contribution in [0.2, 0.25) is 0 Å². The highest BCUT2D eigenvalue weighted by Gasteiger charge is 2.43. The predicted molar refractivity (Wildman–Crippen MR) is 101 cm³/mol. The first kappa shape index (κ1) is 17.7. The second-order valence-electron chi connectivity index (χ2n) is 8.00. The van der Waals surface area contributed by atoms with E-state index < -0.39 is 5.60 Å². The Balaban J connectivity index is 1.42. The van der Waals surface area contributed by atoms with Gasteiger partial charge in [-0.15, -0.1) is 0 Å². The monoisotopic (exact) mass is 355 g/mol. The third kappa shape index (κ3) is 3.85. The van der Waals surface area contributed by atoms with E-state index in [1.165, 1.54) is 17.5 Å². The van der Waals surface area contributed by atoms with Crippen molar-refractivity contribution in [2.24, 2.45) is 5.92 Å². The average Bonchev–Trinajstić information content (AvgIpc) is 3.25. The van der Waals surface area contributed by atoms with Crippen LogP contribution in [-0.2, 0) is 17.8 Å². The highest BCUT2D eigenvalue weighted by atomic mass is 16.5. The van der Waals surface area contributed by atoms with Gasteiger partial charge in [-0.25, -0.2) is 0 Å². The van der Waals surface area contributed by atoms with Gasteiger partial charge in [0.15, 0.2) is 0 Å². The van der Waals surface area contributed by atoms with E-state index in [1.54, 1.807) is 0 Å². The first-order valence-corrected chi connectivity index (χ1v) is 9.71. The normalized spacial score (nSPS) is 29.9. The molecule has 2 aromatic rings. The third-order valence-electron chi connectivity index (χ3n) is 5.99. The van der Waals surface area contributed by atoms with Gasteiger partial charge >= 0.3 is 0 Å². The molecule has 1 aromatic carbocycles. The van der Waals surface area contributed by atoms with Crippen molar-refractivity contribution in [1.82, 2.24) is 14.7 Å². The van der Waals surface area contributed by atoms with Gasteiger partial charge in [-0.3, -0.25) is 9.58 Å². The van der Waals surface area contributed by atoms with Crippen LogP contribution in [0.5, 0.6) is 0 Å². The molecule has 26 heavy (non-hydrogen) atoms. The molecule has 4 rings (SSSR count). The lowest BCUT2D eigenvalue weighted by Crippen LogP contribution is -2.52. The molecule has 1 aromatic heterocycles. The maximum atomic E-state index is 10.8. The molecule has 2 saturated heterocycles. The third-order valence-corrected chi connectivity index (χ3v) is 5.99. The van der Waals surface area contributed by atoms with Gasteiger partial charge in [-0.1, -0.05) is 30.3 Å². The van der Waals surface area contributed by atoms with Gasteiger partial charge in [-0.05, 0) is 38.3 Å². The number of benzene rings is 1. The van der Waals surface area contributed by atoms with E-state index in [0.29, 0.717) is 19.3 Å². The lowest BCUT2D eigenvalue weighted by molar-refractivity contribution is -0.123. The first-order valence-electron chi connectivity index (χ1n) is 9.71. The number of rotatable bonds is 5. The van der Waals surface area contributed by atoms with E-state index in [0.717, 1.165) is 32.5 Å². The highest BCUT2D eigenvalue weighted by Crippen LogP contribution is 2.36. The van der Waals surface area contributed by atoms with Gasteiger partial charge in [0, 0.05) is 36.9 Å². The Morgan fingerprint density at radius 3 is 2.88 bits per heavy atom. The molecule has 1 N–H and O–H groups in total. The molecule has 2 aliphatic rings. The Hall–Kier alpha value is -1.69. The fourth-order valence-electron chi connectivity index (χ4n) is 4.46. The van der Waals surface area contributed by atoms with Gasteiger partial charge in [-0.2, -0.15) is 5.10 Å². The molecule has 2 aliphatic heterocycles. The highest BCUT2D eigenvalue weighted by molar-refractivity contribution is 5.15. The topological polar surface area (TPSA) is 50.5 Å². The molecular formula is C21H29N3O2. The largest absolute Gasteiger partial charge is 0.390 e. The van der Waals surface area contributed by atoms with E-state index in [1.807, 2.05) is 23.9 Å². The Kier molecular flexibility index (Phi) is 5.11. The van der Waals surface area contributed by atoms with Crippen LogP contribution in [-0.4, -0.2) is 51.2 Å². The lowest BCUT2D eigenvalue weighted by Gasteiger charge is -2.43. The molecule has 0 unspecified atom stereocenters. The van der Waals surface area contributed by atoms with Crippen molar-refractivity contribution in [3.05, 3.63) is 53.9 Å². The molecule has 0 aliphatic carbocycles. The zero-order valence-electron chi connectivity index (χ0n) is 15.6. The van der Waals surface area contributed by atoms with Gasteiger partial charge < -0.3 is 9.84 Å². The van der Waals surface area contributed by atoms with Crippen molar-refractivity contribution in [1.29, 1.82) is 0 Å². The van der Waals surface area contributed by atoms with Crippen molar-refractivity contribution >= 4 is 0 Å². The van der Waals surface area contributed by atoms with Crippen LogP contribution in [0.4, 0.5) is 0 Å². The minimum absolute atomic E-state index is 0.193. The standard InChI is InChI=1S/C21H29N3O2/c1-21(25)9-11-26-16-19(21)20-8-5-10-23(20)13-18-12-22-24(15-18)14-17-6-3-2-4-7-17/h2-4,6-7,12,15,19-20,25H,5,8-11,13-14,16H2,1H3/t19-,20-,21+/m1/s1. The summed E-state index contributed by atoms with van der Waals surface area (Å²) < 4.78 is 7.71. The Bertz CT molecular complexity index is 713. The van der Waals surface area contributed by atoms with Crippen LogP contribution < -0.4 is 0 Å². The Morgan fingerprint density at radius 1 is 1.23 bits per heavy atom. The van der Waals surface area contributed by atoms with E-state index in [2.05, 4.69) is 40.5 Å². The van der Waals surface area contributed by atoms with Crippen molar-refractivity contribution in [2.75, 3.05) is 19.8 Å². The van der Waals surface area contributed by atoms with Gasteiger partial charge in [0.05, 0.1) is 24.9 Å². The average molecular weight is 355 g/mol. The fraction of sp³-hybridized carbons (Fsp3) is 0.571. The lowest BCUT2D eigenvalue weighted by atomic mass is 9.79. The van der Waals surface area contributed by atoms with E-state index in [9.17, 15) is 5.11 Å². The Morgan fingerprint density at radius 2 is 2.08 bits per heavy atom. The summed E-state index contributed by atoms with van der Waals surface area (Å²) in [5.74, 6) is 0.193. The molecule has 0 spiro atoms. The second kappa shape index (κ2) is 7.51. The summed E-state index contributed by atoms with van der Waals surface area (Å²) >= 11 is 0. The van der Waals surface area contributed by atoms with Crippen molar-refractivity contribution in [3.63, 3.8) is 0 Å². The summed E-state index contributed by atoms with van der Waals surface area (Å²) in [6.07, 6.45) is 7.19. The summed E-state index contributed by atoms with van der Waals surface area (Å²) in [4.78, 5) is 2.51. The second-order valence-corrected chi connectivity index (χ2v) is 8.00. The van der Waals surface area contributed by atoms with Crippen LogP contribution >= 0.6 is 0 Å². The molecule has 0 radical (unpaired) electrons. The Labute approximate surface area is 155 Å². The minimum Gasteiger partial charge on any atom is -0.390 e. The van der Waals surface area contributed by atoms with Gasteiger partial charge in [0.25, 0.3) is 0 Å². The van der Waals surface area contributed by atoms with E-state index in [4.69, 9.17) is 4.74 Å². The maximum absolute atomic E-state index is 10.8. The molecule has 3 heterocycles. The van der Waals surface area contributed by atoms with Crippen LogP contribution in [0.25, 0.3) is 0 Å². The van der Waals surface area contributed by atoms with Gasteiger partial charge in [0.2, 0.25) is 0 Å². The molecular weight excluding hydrogens is 326 g/mol. The van der Waals surface area contributed by atoms with Crippen LogP contribution in [0.15, 0.2) is 42.7 Å². The van der Waals surface area contributed by atoms with Crippen LogP contribution in [0.1, 0.15) is 37.3 Å². The predicted octanol–water partition coefficient (Wildman–Crippen LogP) is 2.68. The molecule has 3 atom stereocenters. The van der Waals surface area contributed by atoms with Crippen LogP contribution in [0.3, 0.4) is 0 Å². The number of likely N-dealkylation sites (tertiary alicyclic amines) is 1. The molecule has 140 valence electrons. The van der Waals surface area contributed by atoms with Crippen molar-refractivity contribution < 1.29 is 9.84 Å². The SMILES string of the molecule is C[C@]1(O)CCOC[C@@H]1[C@H]1CCCN1Cc1cnn(Cc2ccccc2)c1. The smallest absolute Gasteiger partial charge is 0.0706 e. The van der Waals surface area contributed by atoms with E-state index in [-0.39, 0.29) is 5.92 Å². The number of hydrogen-bond donors (Lipinski definition) is 1. The zero-order chi connectivity index (χ0) is 18.0. The van der Waals surface area contributed by atoms with Crippen LogP contribution in [0, 0.1) is 5.92 Å². The summed E-state index contributed by atoms with van der Waals surface area (Å²) in [6.45, 7) is 6.10. The van der Waals surface area contributed by atoms with E-state index >= 15 is 0 Å². The summed E-state index contributed by atoms with van der Waals surface area (Å²) in [7, 11) is 0. The molecule has 0 saturated carbocycles. The van der Waals surface area contributed by atoms with Crippen molar-refractivity contribution in [2.45, 2.75) is 50.9 Å². The summed E-state index contributed by atoms with van der Waals surface area (Å²) in [5.41, 5.74) is 1.88. The van der Waals surface area contributed by atoms with Crippen molar-refractivity contribution in [3.8, 4) is 0 Å². The fourth-order valence-corrected chi connectivity index (χ4v) is 4.46.